The fraction of sp³-hybridized carbons (Fsp3) is 0.567. The van der Waals surface area contributed by atoms with Gasteiger partial charge in [-0.05, 0) is 43.9 Å². The lowest BCUT2D eigenvalue weighted by Crippen LogP contribution is -2.48. The number of fused-ring (bicyclic) bond motifs is 1. The van der Waals surface area contributed by atoms with Crippen LogP contribution in [-0.2, 0) is 9.59 Å². The minimum atomic E-state index is -3.56. The second-order valence-electron chi connectivity index (χ2n) is 11.9. The molecule has 0 atom stereocenters. The maximum Gasteiger partial charge on any atom is 0.342 e. The molecule has 3 aliphatic rings. The van der Waals surface area contributed by atoms with Gasteiger partial charge in [0.15, 0.2) is 5.82 Å². The van der Waals surface area contributed by atoms with Crippen LogP contribution in [0, 0.1) is 0 Å². The van der Waals surface area contributed by atoms with Crippen LogP contribution >= 0.6 is 0 Å². The molecule has 3 heterocycles. The van der Waals surface area contributed by atoms with Crippen molar-refractivity contribution in [1.82, 2.24) is 25.1 Å². The van der Waals surface area contributed by atoms with E-state index < -0.39 is 18.4 Å². The molecule has 2 aromatic rings. The number of nitrogens with zero attached hydrogens (tertiary/aromatic N) is 6. The number of hydrogen-bond donors (Lipinski definition) is 2. The van der Waals surface area contributed by atoms with Crippen molar-refractivity contribution in [2.45, 2.75) is 56.5 Å². The summed E-state index contributed by atoms with van der Waals surface area (Å²) in [6.07, 6.45) is 6.20. The molecule has 2 N–H and O–H groups in total. The predicted octanol–water partition coefficient (Wildman–Crippen LogP) is 2.87. The van der Waals surface area contributed by atoms with Gasteiger partial charge in [-0.15, -0.1) is 0 Å². The average molecular weight is 615 g/mol. The van der Waals surface area contributed by atoms with Gasteiger partial charge in [-0.1, -0.05) is 12.8 Å². The van der Waals surface area contributed by atoms with Gasteiger partial charge in [-0.2, -0.15) is 13.8 Å². The minimum absolute atomic E-state index is 0.00909. The fourth-order valence-electron chi connectivity index (χ4n) is 6.00. The summed E-state index contributed by atoms with van der Waals surface area (Å²) in [5.41, 5.74) is 1.12. The van der Waals surface area contributed by atoms with Gasteiger partial charge < -0.3 is 30.1 Å². The number of alkyl halides is 2. The number of amides is 3. The van der Waals surface area contributed by atoms with Gasteiger partial charge in [0.05, 0.1) is 32.1 Å². The second-order valence-corrected chi connectivity index (χ2v) is 11.9. The van der Waals surface area contributed by atoms with Crippen molar-refractivity contribution in [1.29, 1.82) is 0 Å². The van der Waals surface area contributed by atoms with E-state index >= 15 is 0 Å². The molecule has 0 radical (unpaired) electrons. The quantitative estimate of drug-likeness (QED) is 0.462. The lowest BCUT2D eigenvalue weighted by atomic mass is 10.0. The molecular formula is C30H40F2N8O4. The molecule has 1 saturated carbocycles. The first-order chi connectivity index (χ1) is 21.0. The number of likely N-dealkylation sites (N-methyl/N-ethyl adjacent to an activating group) is 1. The molecule has 0 spiro atoms. The molecule has 238 valence electrons. The van der Waals surface area contributed by atoms with Crippen LogP contribution in [0.3, 0.4) is 0 Å². The van der Waals surface area contributed by atoms with Crippen molar-refractivity contribution < 1.29 is 27.9 Å². The molecule has 1 aliphatic carbocycles. The summed E-state index contributed by atoms with van der Waals surface area (Å²) in [5.74, 6) is -4.24. The fourth-order valence-corrected chi connectivity index (χ4v) is 6.00. The predicted molar refractivity (Wildman–Crippen MR) is 162 cm³/mol. The molecule has 5 rings (SSSR count). The van der Waals surface area contributed by atoms with E-state index in [0.717, 1.165) is 56.5 Å². The molecule has 3 amide bonds. The van der Waals surface area contributed by atoms with Gasteiger partial charge in [0.1, 0.15) is 11.4 Å². The van der Waals surface area contributed by atoms with Crippen molar-refractivity contribution in [3.8, 4) is 5.75 Å². The molecule has 2 aliphatic heterocycles. The zero-order chi connectivity index (χ0) is 31.6. The average Bonchev–Trinajstić information content (AvgIpc) is 3.53. The van der Waals surface area contributed by atoms with Crippen molar-refractivity contribution in [3.63, 3.8) is 0 Å². The van der Waals surface area contributed by atoms with Gasteiger partial charge in [0.2, 0.25) is 11.9 Å². The number of benzene rings is 1. The van der Waals surface area contributed by atoms with Crippen LogP contribution in [-0.4, -0.2) is 110 Å². The summed E-state index contributed by atoms with van der Waals surface area (Å²) < 4.78 is 35.4. The second kappa shape index (κ2) is 12.9. The molecule has 2 fully saturated rings. The van der Waals surface area contributed by atoms with Crippen molar-refractivity contribution >= 4 is 40.9 Å². The van der Waals surface area contributed by atoms with Crippen LogP contribution in [0.4, 0.5) is 31.9 Å². The SMILES string of the molecule is COc1cc(C(=O)NC2CCN(CC(=O)N(C)C)CC2)ccc1Nc1ncc2c(n1)N(C1CCCC1)CC(F)(F)C(=O)N2C. The Morgan fingerprint density at radius 1 is 1.14 bits per heavy atom. The van der Waals surface area contributed by atoms with Crippen LogP contribution in [0.2, 0.25) is 0 Å². The topological polar surface area (TPSA) is 123 Å². The first-order valence-electron chi connectivity index (χ1n) is 14.9. The first-order valence-corrected chi connectivity index (χ1v) is 14.9. The van der Waals surface area contributed by atoms with Crippen LogP contribution in [0.15, 0.2) is 24.4 Å². The third-order valence-electron chi connectivity index (χ3n) is 8.63. The number of carbonyl (C=O) groups is 3. The van der Waals surface area contributed by atoms with E-state index in [9.17, 15) is 23.2 Å². The number of halogens is 2. The summed E-state index contributed by atoms with van der Waals surface area (Å²) in [4.78, 5) is 52.7. The van der Waals surface area contributed by atoms with Crippen molar-refractivity contribution in [3.05, 3.63) is 30.0 Å². The van der Waals surface area contributed by atoms with Crippen LogP contribution < -0.4 is 25.2 Å². The third kappa shape index (κ3) is 6.69. The minimum Gasteiger partial charge on any atom is -0.495 e. The van der Waals surface area contributed by atoms with E-state index in [1.807, 2.05) is 0 Å². The normalized spacial score (nSPS) is 19.4. The number of nitrogens with one attached hydrogen (secondary N) is 2. The lowest BCUT2D eigenvalue weighted by Gasteiger charge is -2.32. The summed E-state index contributed by atoms with van der Waals surface area (Å²) in [5, 5.41) is 6.17. The summed E-state index contributed by atoms with van der Waals surface area (Å²) in [7, 11) is 6.27. The van der Waals surface area contributed by atoms with E-state index in [1.54, 1.807) is 42.1 Å². The van der Waals surface area contributed by atoms with Gasteiger partial charge in [0.25, 0.3) is 11.8 Å². The highest BCUT2D eigenvalue weighted by Crippen LogP contribution is 2.40. The maximum absolute atomic E-state index is 14.9. The summed E-state index contributed by atoms with van der Waals surface area (Å²) >= 11 is 0. The lowest BCUT2D eigenvalue weighted by molar-refractivity contribution is -0.140. The molecular weight excluding hydrogens is 574 g/mol. The van der Waals surface area contributed by atoms with E-state index in [-0.39, 0.29) is 41.4 Å². The van der Waals surface area contributed by atoms with Gasteiger partial charge in [-0.25, -0.2) is 4.98 Å². The van der Waals surface area contributed by atoms with E-state index in [0.29, 0.717) is 23.5 Å². The smallest absolute Gasteiger partial charge is 0.342 e. The highest BCUT2D eigenvalue weighted by molar-refractivity contribution is 6.02. The van der Waals surface area contributed by atoms with Gasteiger partial charge in [0, 0.05) is 51.9 Å². The molecule has 1 aromatic carbocycles. The number of anilines is 4. The molecule has 0 bridgehead atoms. The zero-order valence-corrected chi connectivity index (χ0v) is 25.6. The van der Waals surface area contributed by atoms with E-state index in [1.165, 1.54) is 20.4 Å². The van der Waals surface area contributed by atoms with Crippen LogP contribution in [0.25, 0.3) is 0 Å². The molecule has 0 unspecified atom stereocenters. The summed E-state index contributed by atoms with van der Waals surface area (Å²) in [6, 6.07) is 4.79. The molecule has 12 nitrogen and oxygen atoms in total. The Morgan fingerprint density at radius 3 is 2.50 bits per heavy atom. The monoisotopic (exact) mass is 614 g/mol. The Morgan fingerprint density at radius 2 is 1.84 bits per heavy atom. The largest absolute Gasteiger partial charge is 0.495 e. The number of methoxy groups -OCH3 is 1. The Bertz CT molecular complexity index is 1390. The zero-order valence-electron chi connectivity index (χ0n) is 25.6. The molecule has 14 heteroatoms. The molecule has 1 saturated heterocycles. The number of piperidine rings is 1. The van der Waals surface area contributed by atoms with E-state index in [4.69, 9.17) is 4.74 Å². The maximum atomic E-state index is 14.9. The Kier molecular flexibility index (Phi) is 9.18. The Balaban J connectivity index is 1.29. The highest BCUT2D eigenvalue weighted by Gasteiger charge is 2.48. The Hall–Kier alpha value is -4.07. The molecule has 1 aromatic heterocycles. The Labute approximate surface area is 255 Å². The van der Waals surface area contributed by atoms with Crippen molar-refractivity contribution in [2.75, 3.05) is 69.5 Å². The van der Waals surface area contributed by atoms with Gasteiger partial charge >= 0.3 is 5.92 Å². The number of aromatic nitrogens is 2. The van der Waals surface area contributed by atoms with Gasteiger partial charge in [-0.3, -0.25) is 19.3 Å². The standard InChI is InChI=1S/C30H40F2N8O4/c1-37(2)25(41)17-39-13-11-20(12-14-39)34-27(42)19-9-10-22(24(15-19)44-4)35-29-33-16-23-26(36-29)40(21-7-5-6-8-21)18-30(31,32)28(43)38(23)3/h9-10,15-16,20-21H,5-8,11-14,17-18H2,1-4H3,(H,34,42)(H,33,35,36). The number of carbonyl (C=O) groups excluding carboxylic acids is 3. The number of rotatable bonds is 8. The van der Waals surface area contributed by atoms with E-state index in [2.05, 4.69) is 25.5 Å². The van der Waals surface area contributed by atoms with Crippen molar-refractivity contribution in [2.24, 2.45) is 0 Å². The molecule has 44 heavy (non-hydrogen) atoms. The van der Waals surface area contributed by atoms with Crippen LogP contribution in [0.1, 0.15) is 48.9 Å². The number of hydrogen-bond acceptors (Lipinski definition) is 9. The number of ether oxygens (including phenoxy) is 1. The third-order valence-corrected chi connectivity index (χ3v) is 8.63. The highest BCUT2D eigenvalue weighted by atomic mass is 19.3. The number of likely N-dealkylation sites (tertiary alicyclic amines) is 1. The first kappa shape index (κ1) is 31.4. The van der Waals surface area contributed by atoms with Crippen LogP contribution in [0.5, 0.6) is 5.75 Å². The summed E-state index contributed by atoms with van der Waals surface area (Å²) in [6.45, 7) is 1.06.